The Kier molecular flexibility index (Phi) is 5.23. The largest absolute Gasteiger partial charge is 0.394 e. The van der Waals surface area contributed by atoms with Crippen molar-refractivity contribution in [1.82, 2.24) is 20.3 Å². The topological polar surface area (TPSA) is 130 Å². The van der Waals surface area contributed by atoms with E-state index in [1.807, 2.05) is 0 Å². The summed E-state index contributed by atoms with van der Waals surface area (Å²) in [6.45, 7) is 1.90. The number of aliphatic hydroxyl groups excluding tert-OH is 3. The smallest absolute Gasteiger partial charge is 0.217 e. The third-order valence-electron chi connectivity index (χ3n) is 3.44. The summed E-state index contributed by atoms with van der Waals surface area (Å²) in [5.41, 5.74) is 0.602. The molecule has 0 aliphatic carbocycles. The second kappa shape index (κ2) is 6.94. The van der Waals surface area contributed by atoms with Gasteiger partial charge in [-0.1, -0.05) is 5.21 Å². The highest BCUT2D eigenvalue weighted by Crippen LogP contribution is 2.21. The molecule has 1 fully saturated rings. The molecule has 1 aliphatic rings. The van der Waals surface area contributed by atoms with E-state index >= 15 is 0 Å². The number of nitrogens with one attached hydrogen (secondary N) is 1. The van der Waals surface area contributed by atoms with Gasteiger partial charge in [0.15, 0.2) is 0 Å². The molecule has 21 heavy (non-hydrogen) atoms. The van der Waals surface area contributed by atoms with Gasteiger partial charge >= 0.3 is 0 Å². The van der Waals surface area contributed by atoms with Crippen LogP contribution < -0.4 is 5.32 Å². The van der Waals surface area contributed by atoms with E-state index in [0.29, 0.717) is 12.2 Å². The highest BCUT2D eigenvalue weighted by atomic mass is 16.5. The summed E-state index contributed by atoms with van der Waals surface area (Å²) in [6.07, 6.45) is -1.23. The van der Waals surface area contributed by atoms with Crippen molar-refractivity contribution in [3.63, 3.8) is 0 Å². The summed E-state index contributed by atoms with van der Waals surface area (Å²) in [7, 11) is 0. The van der Waals surface area contributed by atoms with Gasteiger partial charge in [-0.25, -0.2) is 0 Å². The van der Waals surface area contributed by atoms with Crippen LogP contribution in [-0.4, -0.2) is 67.7 Å². The summed E-state index contributed by atoms with van der Waals surface area (Å²) < 4.78 is 6.83. The van der Waals surface area contributed by atoms with Crippen LogP contribution in [0.2, 0.25) is 0 Å². The van der Waals surface area contributed by atoms with Crippen LogP contribution in [0, 0.1) is 5.92 Å². The summed E-state index contributed by atoms with van der Waals surface area (Å²) in [5.74, 6) is -0.503. The van der Waals surface area contributed by atoms with Crippen molar-refractivity contribution >= 4 is 5.91 Å². The van der Waals surface area contributed by atoms with E-state index in [1.54, 1.807) is 6.20 Å². The minimum atomic E-state index is -1.13. The maximum Gasteiger partial charge on any atom is 0.217 e. The monoisotopic (exact) mass is 300 g/mol. The predicted molar refractivity (Wildman–Crippen MR) is 69.9 cm³/mol. The van der Waals surface area contributed by atoms with Crippen LogP contribution in [0.5, 0.6) is 0 Å². The number of hydrogen-bond acceptors (Lipinski definition) is 7. The van der Waals surface area contributed by atoms with Crippen molar-refractivity contribution in [1.29, 1.82) is 0 Å². The summed E-state index contributed by atoms with van der Waals surface area (Å²) in [6, 6.07) is 0. The summed E-state index contributed by atoms with van der Waals surface area (Å²) in [4.78, 5) is 10.8. The van der Waals surface area contributed by atoms with Crippen LogP contribution >= 0.6 is 0 Å². The number of rotatable bonds is 5. The quantitative estimate of drug-likeness (QED) is 0.479. The lowest BCUT2D eigenvalue weighted by Crippen LogP contribution is -2.52. The number of aliphatic hydroxyl groups is 3. The second-order valence-electron chi connectivity index (χ2n) is 5.14. The molecule has 2 heterocycles. The first-order chi connectivity index (χ1) is 10.0. The minimum absolute atomic E-state index is 0.154. The molecule has 0 saturated carbocycles. The van der Waals surface area contributed by atoms with Crippen LogP contribution in [0.15, 0.2) is 6.20 Å². The SMILES string of the molecule is CC(=O)NCc1cn(C[C@@H]2CO[C@H](CO)[C@H](O)[C@@H]2O)nn1. The Morgan fingerprint density at radius 1 is 1.52 bits per heavy atom. The molecule has 1 aliphatic heterocycles. The van der Waals surface area contributed by atoms with Crippen molar-refractivity contribution in [2.24, 2.45) is 5.92 Å². The molecule has 0 unspecified atom stereocenters. The number of hydrogen-bond donors (Lipinski definition) is 4. The Labute approximate surface area is 121 Å². The molecule has 4 atom stereocenters. The van der Waals surface area contributed by atoms with Gasteiger partial charge in [0.25, 0.3) is 0 Å². The maximum atomic E-state index is 10.8. The molecule has 0 spiro atoms. The normalized spacial score (nSPS) is 29.3. The molecule has 1 aromatic heterocycles. The lowest BCUT2D eigenvalue weighted by atomic mass is 9.92. The molecular formula is C12H20N4O5. The van der Waals surface area contributed by atoms with Gasteiger partial charge in [0.2, 0.25) is 5.91 Å². The van der Waals surface area contributed by atoms with Crippen LogP contribution in [0.4, 0.5) is 0 Å². The Hall–Kier alpha value is -1.55. The third-order valence-corrected chi connectivity index (χ3v) is 3.44. The molecule has 0 bridgehead atoms. The first-order valence-corrected chi connectivity index (χ1v) is 6.73. The van der Waals surface area contributed by atoms with E-state index in [0.717, 1.165) is 0 Å². The average Bonchev–Trinajstić information content (AvgIpc) is 2.90. The zero-order valence-electron chi connectivity index (χ0n) is 11.7. The lowest BCUT2D eigenvalue weighted by molar-refractivity contribution is -0.177. The van der Waals surface area contributed by atoms with Gasteiger partial charge < -0.3 is 25.4 Å². The van der Waals surface area contributed by atoms with Crippen LogP contribution in [-0.2, 0) is 22.6 Å². The van der Waals surface area contributed by atoms with Gasteiger partial charge in [0.1, 0.15) is 17.9 Å². The van der Waals surface area contributed by atoms with Gasteiger partial charge in [-0.15, -0.1) is 5.10 Å². The first-order valence-electron chi connectivity index (χ1n) is 6.73. The van der Waals surface area contributed by atoms with Gasteiger partial charge in [0, 0.05) is 12.8 Å². The predicted octanol–water partition coefficient (Wildman–Crippen LogP) is -2.36. The second-order valence-corrected chi connectivity index (χ2v) is 5.14. The molecule has 4 N–H and O–H groups in total. The number of ether oxygens (including phenoxy) is 1. The van der Waals surface area contributed by atoms with Gasteiger partial charge in [0.05, 0.1) is 38.6 Å². The number of carbonyl (C=O) groups excluding carboxylic acids is 1. The molecular weight excluding hydrogens is 280 g/mol. The fraction of sp³-hybridized carbons (Fsp3) is 0.750. The van der Waals surface area contributed by atoms with E-state index in [9.17, 15) is 15.0 Å². The molecule has 2 rings (SSSR count). The molecule has 1 saturated heterocycles. The Bertz CT molecular complexity index is 480. The van der Waals surface area contributed by atoms with Crippen LogP contribution in [0.25, 0.3) is 0 Å². The average molecular weight is 300 g/mol. The molecule has 118 valence electrons. The third kappa shape index (κ3) is 3.97. The Morgan fingerprint density at radius 3 is 2.95 bits per heavy atom. The van der Waals surface area contributed by atoms with Gasteiger partial charge in [-0.05, 0) is 0 Å². The molecule has 9 nitrogen and oxygen atoms in total. The summed E-state index contributed by atoms with van der Waals surface area (Å²) in [5, 5.41) is 39.3. The Balaban J connectivity index is 1.91. The van der Waals surface area contributed by atoms with E-state index < -0.39 is 18.3 Å². The number of aromatic nitrogens is 3. The van der Waals surface area contributed by atoms with E-state index in [2.05, 4.69) is 15.6 Å². The first kappa shape index (κ1) is 15.8. The fourth-order valence-electron chi connectivity index (χ4n) is 2.23. The molecule has 1 amide bonds. The van der Waals surface area contributed by atoms with Crippen molar-refractivity contribution in [2.75, 3.05) is 13.2 Å². The number of nitrogens with zero attached hydrogens (tertiary/aromatic N) is 3. The van der Waals surface area contributed by atoms with Crippen molar-refractivity contribution < 1.29 is 24.9 Å². The van der Waals surface area contributed by atoms with Crippen LogP contribution in [0.1, 0.15) is 12.6 Å². The zero-order chi connectivity index (χ0) is 15.4. The maximum absolute atomic E-state index is 10.8. The van der Waals surface area contributed by atoms with Crippen molar-refractivity contribution in [3.05, 3.63) is 11.9 Å². The number of amides is 1. The molecule has 9 heteroatoms. The zero-order valence-corrected chi connectivity index (χ0v) is 11.7. The van der Waals surface area contributed by atoms with Crippen molar-refractivity contribution in [2.45, 2.75) is 38.3 Å². The van der Waals surface area contributed by atoms with Gasteiger partial charge in [-0.2, -0.15) is 0 Å². The highest BCUT2D eigenvalue weighted by molar-refractivity contribution is 5.72. The number of carbonyl (C=O) groups is 1. The minimum Gasteiger partial charge on any atom is -0.394 e. The van der Waals surface area contributed by atoms with E-state index in [1.165, 1.54) is 11.6 Å². The molecule has 0 aromatic carbocycles. The van der Waals surface area contributed by atoms with Crippen LogP contribution in [0.3, 0.4) is 0 Å². The fourth-order valence-corrected chi connectivity index (χ4v) is 2.23. The van der Waals surface area contributed by atoms with E-state index in [4.69, 9.17) is 9.84 Å². The standard InChI is InChI=1S/C12H20N4O5/c1-7(18)13-2-9-4-16(15-14-9)3-8-6-21-10(5-17)12(20)11(8)19/h4,8,10-12,17,19-20H,2-3,5-6H2,1H3,(H,13,18)/t8-,10-,11-,12+/m1/s1. The van der Waals surface area contributed by atoms with Gasteiger partial charge in [-0.3, -0.25) is 9.48 Å². The molecule has 1 aromatic rings. The van der Waals surface area contributed by atoms with Crippen molar-refractivity contribution in [3.8, 4) is 0 Å². The molecule has 0 radical (unpaired) electrons. The Morgan fingerprint density at radius 2 is 2.29 bits per heavy atom. The summed E-state index contributed by atoms with van der Waals surface area (Å²) >= 11 is 0. The van der Waals surface area contributed by atoms with E-state index in [-0.39, 0.29) is 31.6 Å². The lowest BCUT2D eigenvalue weighted by Gasteiger charge is -2.36. The highest BCUT2D eigenvalue weighted by Gasteiger charge is 2.38.